The maximum absolute atomic E-state index is 9.01. The Balaban J connectivity index is 2.39. The minimum Gasteiger partial charge on any atom is -0.396 e. The minimum absolute atomic E-state index is 0.303. The van der Waals surface area contributed by atoms with E-state index in [0.29, 0.717) is 12.5 Å². The highest BCUT2D eigenvalue weighted by molar-refractivity contribution is 5.34. The van der Waals surface area contributed by atoms with Crippen LogP contribution in [-0.4, -0.2) is 11.7 Å². The van der Waals surface area contributed by atoms with Gasteiger partial charge >= 0.3 is 0 Å². The number of aliphatic hydroxyl groups excluding tert-OH is 1. The van der Waals surface area contributed by atoms with Gasteiger partial charge in [0.1, 0.15) is 0 Å². The summed E-state index contributed by atoms with van der Waals surface area (Å²) in [5, 5.41) is 9.01. The van der Waals surface area contributed by atoms with E-state index in [2.05, 4.69) is 18.2 Å². The Morgan fingerprint density at radius 2 is 2.18 bits per heavy atom. The molecule has 0 heterocycles. The summed E-state index contributed by atoms with van der Waals surface area (Å²) in [6.45, 7) is 0.303. The van der Waals surface area contributed by atoms with Crippen molar-refractivity contribution in [2.45, 2.75) is 18.8 Å². The quantitative estimate of drug-likeness (QED) is 0.642. The molecule has 0 unspecified atom stereocenters. The largest absolute Gasteiger partial charge is 0.396 e. The molecule has 0 radical (unpaired) electrons. The fraction of sp³-hybridized carbons (Fsp3) is 0.400. The third kappa shape index (κ3) is 1.05. The molecule has 0 amide bonds. The minimum atomic E-state index is 0.303. The molecule has 0 saturated heterocycles. The van der Waals surface area contributed by atoms with Gasteiger partial charge in [0, 0.05) is 12.5 Å². The van der Waals surface area contributed by atoms with E-state index in [1.54, 1.807) is 0 Å². The molecule has 0 aliphatic heterocycles. The van der Waals surface area contributed by atoms with Gasteiger partial charge in [-0.25, -0.2) is 0 Å². The van der Waals surface area contributed by atoms with E-state index < -0.39 is 0 Å². The van der Waals surface area contributed by atoms with Gasteiger partial charge in [0.05, 0.1) is 0 Å². The summed E-state index contributed by atoms with van der Waals surface area (Å²) in [5.74, 6) is 0.409. The number of aryl methyl sites for hydroxylation is 1. The average molecular weight is 148 g/mol. The van der Waals surface area contributed by atoms with Crippen LogP contribution in [0.3, 0.4) is 0 Å². The standard InChI is InChI=1S/C10H12O/c11-7-9-6-5-8-3-1-2-4-10(8)9/h1-4,9,11H,5-7H2/t9-/m1/s1. The molecule has 0 spiro atoms. The van der Waals surface area contributed by atoms with Crippen molar-refractivity contribution in [3.63, 3.8) is 0 Å². The van der Waals surface area contributed by atoms with Crippen molar-refractivity contribution in [3.05, 3.63) is 35.4 Å². The molecular formula is C10H12O. The highest BCUT2D eigenvalue weighted by atomic mass is 16.3. The van der Waals surface area contributed by atoms with Crippen LogP contribution in [0.25, 0.3) is 0 Å². The lowest BCUT2D eigenvalue weighted by Crippen LogP contribution is -1.97. The van der Waals surface area contributed by atoms with E-state index in [9.17, 15) is 0 Å². The fourth-order valence-electron chi connectivity index (χ4n) is 1.84. The zero-order chi connectivity index (χ0) is 7.68. The molecule has 0 aromatic heterocycles. The molecule has 0 bridgehead atoms. The maximum atomic E-state index is 9.01. The topological polar surface area (TPSA) is 20.2 Å². The molecule has 1 aromatic carbocycles. The normalized spacial score (nSPS) is 21.7. The Labute approximate surface area is 66.7 Å². The van der Waals surface area contributed by atoms with Crippen LogP contribution >= 0.6 is 0 Å². The number of fused-ring (bicyclic) bond motifs is 1. The first kappa shape index (κ1) is 6.86. The van der Waals surface area contributed by atoms with Crippen LogP contribution in [0.2, 0.25) is 0 Å². The second-order valence-electron chi connectivity index (χ2n) is 3.12. The summed E-state index contributed by atoms with van der Waals surface area (Å²) in [7, 11) is 0. The first-order valence-corrected chi connectivity index (χ1v) is 4.10. The zero-order valence-electron chi connectivity index (χ0n) is 6.46. The molecule has 0 fully saturated rings. The van der Waals surface area contributed by atoms with E-state index in [-0.39, 0.29) is 0 Å². The van der Waals surface area contributed by atoms with Crippen LogP contribution < -0.4 is 0 Å². The van der Waals surface area contributed by atoms with Gasteiger partial charge in [-0.15, -0.1) is 0 Å². The van der Waals surface area contributed by atoms with E-state index in [1.165, 1.54) is 11.1 Å². The van der Waals surface area contributed by atoms with Crippen LogP contribution in [0.1, 0.15) is 23.5 Å². The van der Waals surface area contributed by atoms with Gasteiger partial charge in [0.25, 0.3) is 0 Å². The summed E-state index contributed by atoms with van der Waals surface area (Å²) in [4.78, 5) is 0. The second kappa shape index (κ2) is 2.67. The first-order valence-electron chi connectivity index (χ1n) is 4.10. The van der Waals surface area contributed by atoms with Crippen LogP contribution in [0, 0.1) is 0 Å². The van der Waals surface area contributed by atoms with Crippen molar-refractivity contribution in [2.24, 2.45) is 0 Å². The number of benzene rings is 1. The lowest BCUT2D eigenvalue weighted by atomic mass is 10.0. The summed E-state index contributed by atoms with van der Waals surface area (Å²) in [6.07, 6.45) is 2.26. The first-order chi connectivity index (χ1) is 5.42. The van der Waals surface area contributed by atoms with Gasteiger partial charge in [-0.1, -0.05) is 24.3 Å². The molecule has 1 N–H and O–H groups in total. The molecule has 2 rings (SSSR count). The lowest BCUT2D eigenvalue weighted by Gasteiger charge is -2.05. The van der Waals surface area contributed by atoms with Gasteiger partial charge in [-0.05, 0) is 24.0 Å². The van der Waals surface area contributed by atoms with Crippen molar-refractivity contribution >= 4 is 0 Å². The number of rotatable bonds is 1. The average Bonchev–Trinajstić information content (AvgIpc) is 2.47. The monoisotopic (exact) mass is 148 g/mol. The third-order valence-corrected chi connectivity index (χ3v) is 2.48. The Morgan fingerprint density at radius 1 is 1.36 bits per heavy atom. The van der Waals surface area contributed by atoms with Crippen LogP contribution in [0.4, 0.5) is 0 Å². The van der Waals surface area contributed by atoms with Crippen LogP contribution in [-0.2, 0) is 6.42 Å². The van der Waals surface area contributed by atoms with Crippen LogP contribution in [0.15, 0.2) is 24.3 Å². The van der Waals surface area contributed by atoms with Crippen molar-refractivity contribution in [2.75, 3.05) is 6.61 Å². The van der Waals surface area contributed by atoms with Gasteiger partial charge in [-0.3, -0.25) is 0 Å². The summed E-state index contributed by atoms with van der Waals surface area (Å²) in [5.41, 5.74) is 2.78. The SMILES string of the molecule is OC[C@H]1CCc2ccccc21. The molecule has 58 valence electrons. The van der Waals surface area contributed by atoms with Gasteiger partial charge in [0.15, 0.2) is 0 Å². The fourth-order valence-corrected chi connectivity index (χ4v) is 1.84. The number of hydrogen-bond acceptors (Lipinski definition) is 1. The molecule has 1 heteroatoms. The second-order valence-corrected chi connectivity index (χ2v) is 3.12. The smallest absolute Gasteiger partial charge is 0.0499 e. The van der Waals surface area contributed by atoms with E-state index in [4.69, 9.17) is 5.11 Å². The van der Waals surface area contributed by atoms with Crippen molar-refractivity contribution in [1.82, 2.24) is 0 Å². The molecule has 1 aromatic rings. The Morgan fingerprint density at radius 3 is 3.00 bits per heavy atom. The Bertz CT molecular complexity index is 255. The van der Waals surface area contributed by atoms with E-state index in [0.717, 1.165) is 12.8 Å². The molecular weight excluding hydrogens is 136 g/mol. The Kier molecular flexibility index (Phi) is 1.66. The Hall–Kier alpha value is -0.820. The highest BCUT2D eigenvalue weighted by Crippen LogP contribution is 2.31. The predicted molar refractivity (Wildman–Crippen MR) is 44.6 cm³/mol. The number of aliphatic hydroxyl groups is 1. The van der Waals surface area contributed by atoms with E-state index >= 15 is 0 Å². The predicted octanol–water partition coefficient (Wildman–Crippen LogP) is 1.71. The molecule has 1 nitrogen and oxygen atoms in total. The lowest BCUT2D eigenvalue weighted by molar-refractivity contribution is 0.265. The summed E-state index contributed by atoms with van der Waals surface area (Å²) >= 11 is 0. The molecule has 0 saturated carbocycles. The van der Waals surface area contributed by atoms with Gasteiger partial charge < -0.3 is 5.11 Å². The molecule has 11 heavy (non-hydrogen) atoms. The highest BCUT2D eigenvalue weighted by Gasteiger charge is 2.20. The summed E-state index contributed by atoms with van der Waals surface area (Å²) in [6, 6.07) is 8.40. The van der Waals surface area contributed by atoms with Gasteiger partial charge in [-0.2, -0.15) is 0 Å². The summed E-state index contributed by atoms with van der Waals surface area (Å²) < 4.78 is 0. The molecule has 1 aliphatic rings. The van der Waals surface area contributed by atoms with Crippen molar-refractivity contribution in [1.29, 1.82) is 0 Å². The number of hydrogen-bond donors (Lipinski definition) is 1. The third-order valence-electron chi connectivity index (χ3n) is 2.48. The van der Waals surface area contributed by atoms with Gasteiger partial charge in [0.2, 0.25) is 0 Å². The van der Waals surface area contributed by atoms with Crippen molar-refractivity contribution < 1.29 is 5.11 Å². The molecule has 1 aliphatic carbocycles. The zero-order valence-corrected chi connectivity index (χ0v) is 6.46. The van der Waals surface area contributed by atoms with Crippen LogP contribution in [0.5, 0.6) is 0 Å². The maximum Gasteiger partial charge on any atom is 0.0499 e. The molecule has 1 atom stereocenters. The van der Waals surface area contributed by atoms with E-state index in [1.807, 2.05) is 6.07 Å². The van der Waals surface area contributed by atoms with Crippen molar-refractivity contribution in [3.8, 4) is 0 Å².